The fourth-order valence-corrected chi connectivity index (χ4v) is 3.60. The molecule has 0 aliphatic heterocycles. The Morgan fingerprint density at radius 2 is 1.80 bits per heavy atom. The highest BCUT2D eigenvalue weighted by molar-refractivity contribution is 5.07. The SMILES string of the molecule is CC12CCC1CC1CC2C1. The normalized spacial score (nSPS) is 63.9. The van der Waals surface area contributed by atoms with E-state index in [0.717, 1.165) is 17.3 Å². The summed E-state index contributed by atoms with van der Waals surface area (Å²) in [6.45, 7) is 2.54. The van der Waals surface area contributed by atoms with Gasteiger partial charge in [0.15, 0.2) is 0 Å². The summed E-state index contributed by atoms with van der Waals surface area (Å²) in [6, 6.07) is 0. The van der Waals surface area contributed by atoms with Crippen LogP contribution in [-0.4, -0.2) is 0 Å². The van der Waals surface area contributed by atoms with Crippen molar-refractivity contribution in [1.29, 1.82) is 0 Å². The highest BCUT2D eigenvalue weighted by Crippen LogP contribution is 2.66. The van der Waals surface area contributed by atoms with Gasteiger partial charge in [-0.15, -0.1) is 0 Å². The van der Waals surface area contributed by atoms with Crippen molar-refractivity contribution < 1.29 is 0 Å². The lowest BCUT2D eigenvalue weighted by Crippen LogP contribution is -2.54. The Labute approximate surface area is 63.0 Å². The molecule has 0 aromatic carbocycles. The highest BCUT2D eigenvalue weighted by Gasteiger charge is 2.57. The van der Waals surface area contributed by atoms with E-state index in [0.29, 0.717) is 0 Å². The molecule has 4 aliphatic carbocycles. The Morgan fingerprint density at radius 1 is 1.10 bits per heavy atom. The molecule has 10 heavy (non-hydrogen) atoms. The molecule has 4 aliphatic rings. The largest absolute Gasteiger partial charge is 0.0591 e. The van der Waals surface area contributed by atoms with Gasteiger partial charge in [0.1, 0.15) is 0 Å². The van der Waals surface area contributed by atoms with Crippen molar-refractivity contribution in [3.63, 3.8) is 0 Å². The van der Waals surface area contributed by atoms with Crippen molar-refractivity contribution in [2.45, 2.75) is 39.0 Å². The van der Waals surface area contributed by atoms with Gasteiger partial charge in [-0.2, -0.15) is 0 Å². The van der Waals surface area contributed by atoms with Gasteiger partial charge in [-0.1, -0.05) is 6.92 Å². The first kappa shape index (κ1) is 5.62. The van der Waals surface area contributed by atoms with E-state index in [-0.39, 0.29) is 0 Å². The van der Waals surface area contributed by atoms with Gasteiger partial charge in [0.05, 0.1) is 0 Å². The average Bonchev–Trinajstić information content (AvgIpc) is 1.78. The van der Waals surface area contributed by atoms with Crippen LogP contribution in [0.1, 0.15) is 39.0 Å². The molecule has 4 saturated carbocycles. The Balaban J connectivity index is 1.91. The van der Waals surface area contributed by atoms with Crippen LogP contribution in [0.15, 0.2) is 0 Å². The van der Waals surface area contributed by atoms with Gasteiger partial charge in [0.2, 0.25) is 0 Å². The van der Waals surface area contributed by atoms with Crippen molar-refractivity contribution in [2.24, 2.45) is 23.2 Å². The fraction of sp³-hybridized carbons (Fsp3) is 1.00. The smallest absolute Gasteiger partial charge is 0.0269 e. The van der Waals surface area contributed by atoms with Crippen LogP contribution in [0.25, 0.3) is 0 Å². The third kappa shape index (κ3) is 0.436. The summed E-state index contributed by atoms with van der Waals surface area (Å²) in [4.78, 5) is 0. The Hall–Kier alpha value is 0. The molecule has 0 N–H and O–H groups in total. The second kappa shape index (κ2) is 1.44. The van der Waals surface area contributed by atoms with E-state index < -0.39 is 0 Å². The quantitative estimate of drug-likeness (QED) is 0.480. The van der Waals surface area contributed by atoms with Crippen LogP contribution >= 0.6 is 0 Å². The average molecular weight is 136 g/mol. The standard InChI is InChI=1S/C10H16/c1-10-3-2-8(10)4-7-5-9(10)6-7/h7-9H,2-6H2,1H3. The Morgan fingerprint density at radius 3 is 2.10 bits per heavy atom. The lowest BCUT2D eigenvalue weighted by Gasteiger charge is -2.64. The Kier molecular flexibility index (Phi) is 0.810. The first-order valence-corrected chi connectivity index (χ1v) is 4.79. The third-order valence-electron chi connectivity index (χ3n) is 4.75. The molecule has 56 valence electrons. The summed E-state index contributed by atoms with van der Waals surface area (Å²) in [5.41, 5.74) is 0.842. The number of hydrogen-bond donors (Lipinski definition) is 0. The highest BCUT2D eigenvalue weighted by atomic mass is 14.6. The Bertz CT molecular complexity index is 163. The first-order valence-electron chi connectivity index (χ1n) is 4.79. The van der Waals surface area contributed by atoms with Gasteiger partial charge in [-0.3, -0.25) is 0 Å². The van der Waals surface area contributed by atoms with Crippen LogP contribution < -0.4 is 0 Å². The zero-order chi connectivity index (χ0) is 6.77. The molecule has 0 spiro atoms. The summed E-state index contributed by atoms with van der Waals surface area (Å²) in [6.07, 6.45) is 7.88. The van der Waals surface area contributed by atoms with E-state index in [1.807, 2.05) is 0 Å². The maximum absolute atomic E-state index is 2.54. The molecule has 4 fully saturated rings. The van der Waals surface area contributed by atoms with Crippen molar-refractivity contribution in [1.82, 2.24) is 0 Å². The molecule has 0 saturated heterocycles. The molecule has 0 aromatic heterocycles. The maximum atomic E-state index is 2.54. The monoisotopic (exact) mass is 136 g/mol. The van der Waals surface area contributed by atoms with Crippen LogP contribution in [0.3, 0.4) is 0 Å². The molecule has 2 unspecified atom stereocenters. The summed E-state index contributed by atoms with van der Waals surface area (Å²) in [5.74, 6) is 3.48. The number of hydrogen-bond acceptors (Lipinski definition) is 0. The topological polar surface area (TPSA) is 0 Å². The van der Waals surface area contributed by atoms with Crippen molar-refractivity contribution in [2.75, 3.05) is 0 Å². The zero-order valence-electron chi connectivity index (χ0n) is 6.77. The first-order chi connectivity index (χ1) is 4.79. The molecular weight excluding hydrogens is 120 g/mol. The zero-order valence-corrected chi connectivity index (χ0v) is 6.77. The van der Waals surface area contributed by atoms with E-state index in [9.17, 15) is 0 Å². The molecular formula is C10H16. The van der Waals surface area contributed by atoms with Crippen molar-refractivity contribution in [3.8, 4) is 0 Å². The van der Waals surface area contributed by atoms with Crippen LogP contribution in [0.2, 0.25) is 0 Å². The van der Waals surface area contributed by atoms with Crippen molar-refractivity contribution in [3.05, 3.63) is 0 Å². The minimum absolute atomic E-state index is 0.842. The predicted octanol–water partition coefficient (Wildman–Crippen LogP) is 2.83. The minimum atomic E-state index is 0.842. The minimum Gasteiger partial charge on any atom is -0.0591 e. The maximum Gasteiger partial charge on any atom is -0.0269 e. The molecule has 0 radical (unpaired) electrons. The van der Waals surface area contributed by atoms with Gasteiger partial charge < -0.3 is 0 Å². The fourth-order valence-electron chi connectivity index (χ4n) is 3.60. The second-order valence-electron chi connectivity index (χ2n) is 5.01. The molecule has 0 aromatic rings. The van der Waals surface area contributed by atoms with Crippen LogP contribution in [0, 0.1) is 23.2 Å². The van der Waals surface area contributed by atoms with E-state index in [1.54, 1.807) is 32.1 Å². The van der Waals surface area contributed by atoms with Crippen molar-refractivity contribution >= 4 is 0 Å². The molecule has 4 rings (SSSR count). The van der Waals surface area contributed by atoms with E-state index >= 15 is 0 Å². The summed E-state index contributed by atoms with van der Waals surface area (Å²) < 4.78 is 0. The molecule has 0 heteroatoms. The van der Waals surface area contributed by atoms with Gasteiger partial charge >= 0.3 is 0 Å². The summed E-state index contributed by atoms with van der Waals surface area (Å²) in [7, 11) is 0. The molecule has 2 atom stereocenters. The van der Waals surface area contributed by atoms with E-state index in [4.69, 9.17) is 0 Å². The van der Waals surface area contributed by atoms with Gasteiger partial charge in [-0.05, 0) is 55.3 Å². The van der Waals surface area contributed by atoms with Gasteiger partial charge in [0.25, 0.3) is 0 Å². The van der Waals surface area contributed by atoms with Crippen LogP contribution in [0.5, 0.6) is 0 Å². The predicted molar refractivity (Wildman–Crippen MR) is 41.7 cm³/mol. The lowest BCUT2D eigenvalue weighted by molar-refractivity contribution is -0.139. The van der Waals surface area contributed by atoms with Gasteiger partial charge in [-0.25, -0.2) is 0 Å². The second-order valence-corrected chi connectivity index (χ2v) is 5.01. The van der Waals surface area contributed by atoms with Gasteiger partial charge in [0, 0.05) is 0 Å². The van der Waals surface area contributed by atoms with Crippen LogP contribution in [-0.2, 0) is 0 Å². The molecule has 0 heterocycles. The molecule has 2 bridgehead atoms. The van der Waals surface area contributed by atoms with Crippen LogP contribution in [0.4, 0.5) is 0 Å². The van der Waals surface area contributed by atoms with E-state index in [1.165, 1.54) is 5.92 Å². The third-order valence-corrected chi connectivity index (χ3v) is 4.75. The number of rotatable bonds is 0. The van der Waals surface area contributed by atoms with E-state index in [2.05, 4.69) is 6.92 Å². The summed E-state index contributed by atoms with van der Waals surface area (Å²) in [5, 5.41) is 0. The molecule has 0 nitrogen and oxygen atoms in total. The summed E-state index contributed by atoms with van der Waals surface area (Å²) >= 11 is 0. The lowest BCUT2D eigenvalue weighted by atomic mass is 9.41. The molecule has 0 amide bonds.